The largest absolute Gasteiger partial charge is 0.369 e. The number of rotatable bonds is 6. The van der Waals surface area contributed by atoms with E-state index in [-0.39, 0.29) is 0 Å². The van der Waals surface area contributed by atoms with Gasteiger partial charge in [0.1, 0.15) is 0 Å². The minimum absolute atomic E-state index is 0.606. The minimum Gasteiger partial charge on any atom is -0.369 e. The van der Waals surface area contributed by atoms with E-state index in [1.54, 1.807) is 0 Å². The van der Waals surface area contributed by atoms with Gasteiger partial charge >= 0.3 is 0 Å². The number of hydrogen-bond acceptors (Lipinski definition) is 3. The second-order valence-corrected chi connectivity index (χ2v) is 7.37. The molecule has 0 radical (unpaired) electrons. The first-order chi connectivity index (χ1) is 9.70. The monoisotopic (exact) mass is 292 g/mol. The smallest absolute Gasteiger partial charge is 0.0412 e. The summed E-state index contributed by atoms with van der Waals surface area (Å²) < 4.78 is 0. The molecule has 0 aliphatic carbocycles. The van der Waals surface area contributed by atoms with Crippen LogP contribution in [0.4, 0.5) is 5.69 Å². The molecular weight excluding hydrogens is 264 g/mol. The Balaban J connectivity index is 2.10. The highest BCUT2D eigenvalue weighted by Gasteiger charge is 2.21. The molecule has 2 rings (SSSR count). The SMILES string of the molecule is CCSCCN1CC(CC(C)C)NCc2ccccc21. The Morgan fingerprint density at radius 2 is 2.15 bits per heavy atom. The van der Waals surface area contributed by atoms with Gasteiger partial charge in [0.25, 0.3) is 0 Å². The van der Waals surface area contributed by atoms with Gasteiger partial charge in [-0.05, 0) is 29.7 Å². The molecule has 1 N–H and O–H groups in total. The van der Waals surface area contributed by atoms with Gasteiger partial charge in [-0.3, -0.25) is 0 Å². The predicted octanol–water partition coefficient (Wildman–Crippen LogP) is 3.76. The van der Waals surface area contributed by atoms with Gasteiger partial charge in [0.05, 0.1) is 0 Å². The van der Waals surface area contributed by atoms with Crippen molar-refractivity contribution in [2.45, 2.75) is 39.8 Å². The van der Waals surface area contributed by atoms with Crippen LogP contribution in [0.2, 0.25) is 0 Å². The lowest BCUT2D eigenvalue weighted by Crippen LogP contribution is -2.40. The molecule has 1 aromatic carbocycles. The van der Waals surface area contributed by atoms with Crippen molar-refractivity contribution >= 4 is 17.4 Å². The number of fused-ring (bicyclic) bond motifs is 1. The van der Waals surface area contributed by atoms with Crippen molar-refractivity contribution < 1.29 is 0 Å². The van der Waals surface area contributed by atoms with Crippen LogP contribution in [0, 0.1) is 5.92 Å². The molecule has 112 valence electrons. The number of nitrogens with zero attached hydrogens (tertiary/aromatic N) is 1. The molecular formula is C17H28N2S. The van der Waals surface area contributed by atoms with Gasteiger partial charge in [-0.15, -0.1) is 0 Å². The van der Waals surface area contributed by atoms with Crippen LogP contribution in [-0.4, -0.2) is 30.6 Å². The number of nitrogens with one attached hydrogen (secondary N) is 1. The molecule has 0 amide bonds. The summed E-state index contributed by atoms with van der Waals surface area (Å²) in [4.78, 5) is 2.59. The summed E-state index contributed by atoms with van der Waals surface area (Å²) in [7, 11) is 0. The molecule has 0 bridgehead atoms. The molecule has 1 atom stereocenters. The summed E-state index contributed by atoms with van der Waals surface area (Å²) in [5.74, 6) is 3.18. The minimum atomic E-state index is 0.606. The first kappa shape index (κ1) is 15.7. The average molecular weight is 292 g/mol. The fraction of sp³-hybridized carbons (Fsp3) is 0.647. The highest BCUT2D eigenvalue weighted by Crippen LogP contribution is 2.25. The standard InChI is InChI=1S/C17H28N2S/c1-4-20-10-9-19-13-16(11-14(2)3)18-12-15-7-5-6-8-17(15)19/h5-8,14,16,18H,4,9-13H2,1-3H3. The van der Waals surface area contributed by atoms with Crippen LogP contribution in [0.25, 0.3) is 0 Å². The maximum atomic E-state index is 3.74. The third-order valence-corrected chi connectivity index (χ3v) is 4.70. The molecule has 20 heavy (non-hydrogen) atoms. The zero-order valence-corrected chi connectivity index (χ0v) is 13.9. The Hall–Kier alpha value is -0.670. The van der Waals surface area contributed by atoms with Crippen molar-refractivity contribution in [2.75, 3.05) is 29.5 Å². The highest BCUT2D eigenvalue weighted by atomic mass is 32.2. The highest BCUT2D eigenvalue weighted by molar-refractivity contribution is 7.99. The summed E-state index contributed by atoms with van der Waals surface area (Å²) in [6.45, 7) is 10.2. The molecule has 3 heteroatoms. The van der Waals surface area contributed by atoms with Crippen molar-refractivity contribution in [3.8, 4) is 0 Å². The van der Waals surface area contributed by atoms with Gasteiger partial charge < -0.3 is 10.2 Å². The van der Waals surface area contributed by atoms with Crippen LogP contribution in [0.3, 0.4) is 0 Å². The van der Waals surface area contributed by atoms with Crippen LogP contribution in [0.15, 0.2) is 24.3 Å². The fourth-order valence-electron chi connectivity index (χ4n) is 2.91. The molecule has 0 saturated heterocycles. The Bertz CT molecular complexity index is 406. The van der Waals surface area contributed by atoms with Gasteiger partial charge in [-0.1, -0.05) is 39.0 Å². The number of thioether (sulfide) groups is 1. The average Bonchev–Trinajstić information content (AvgIpc) is 2.59. The number of hydrogen-bond donors (Lipinski definition) is 1. The van der Waals surface area contributed by atoms with E-state index >= 15 is 0 Å². The lowest BCUT2D eigenvalue weighted by atomic mass is 10.0. The summed E-state index contributed by atoms with van der Waals surface area (Å²) in [6.07, 6.45) is 1.26. The van der Waals surface area contributed by atoms with Gasteiger partial charge in [-0.2, -0.15) is 11.8 Å². The number of para-hydroxylation sites is 1. The Morgan fingerprint density at radius 1 is 1.35 bits per heavy atom. The van der Waals surface area contributed by atoms with Crippen LogP contribution in [-0.2, 0) is 6.54 Å². The molecule has 1 aliphatic rings. The molecule has 1 aromatic rings. The van der Waals surface area contributed by atoms with Gasteiger partial charge in [0.15, 0.2) is 0 Å². The van der Waals surface area contributed by atoms with Crippen molar-refractivity contribution in [1.29, 1.82) is 0 Å². The number of benzene rings is 1. The second kappa shape index (κ2) is 7.94. The second-order valence-electron chi connectivity index (χ2n) is 5.98. The topological polar surface area (TPSA) is 15.3 Å². The van der Waals surface area contributed by atoms with Crippen molar-refractivity contribution in [3.05, 3.63) is 29.8 Å². The zero-order valence-electron chi connectivity index (χ0n) is 13.1. The summed E-state index contributed by atoms with van der Waals surface area (Å²) in [5.41, 5.74) is 2.88. The Morgan fingerprint density at radius 3 is 2.90 bits per heavy atom. The predicted molar refractivity (Wildman–Crippen MR) is 91.7 cm³/mol. The molecule has 1 unspecified atom stereocenters. The van der Waals surface area contributed by atoms with Gasteiger partial charge in [0.2, 0.25) is 0 Å². The maximum Gasteiger partial charge on any atom is 0.0412 e. The summed E-state index contributed by atoms with van der Waals surface area (Å²) in [5, 5.41) is 3.74. The van der Waals surface area contributed by atoms with Crippen LogP contribution < -0.4 is 10.2 Å². The summed E-state index contributed by atoms with van der Waals surface area (Å²) >= 11 is 2.04. The molecule has 1 aliphatic heterocycles. The van der Waals surface area contributed by atoms with E-state index in [2.05, 4.69) is 55.3 Å². The van der Waals surface area contributed by atoms with Gasteiger partial charge in [-0.25, -0.2) is 0 Å². The molecule has 1 heterocycles. The van der Waals surface area contributed by atoms with E-state index in [9.17, 15) is 0 Å². The van der Waals surface area contributed by atoms with Crippen LogP contribution >= 0.6 is 11.8 Å². The third kappa shape index (κ3) is 4.42. The summed E-state index contributed by atoms with van der Waals surface area (Å²) in [6, 6.07) is 9.48. The number of anilines is 1. The molecule has 0 saturated carbocycles. The maximum absolute atomic E-state index is 3.74. The van der Waals surface area contributed by atoms with Crippen LogP contribution in [0.5, 0.6) is 0 Å². The Kier molecular flexibility index (Phi) is 6.24. The van der Waals surface area contributed by atoms with E-state index in [0.29, 0.717) is 6.04 Å². The molecule has 0 spiro atoms. The van der Waals surface area contributed by atoms with Crippen molar-refractivity contribution in [1.82, 2.24) is 5.32 Å². The Labute approximate surface area is 128 Å². The first-order valence-corrected chi connectivity index (χ1v) is 9.00. The lowest BCUT2D eigenvalue weighted by molar-refractivity contribution is 0.423. The van der Waals surface area contributed by atoms with E-state index < -0.39 is 0 Å². The van der Waals surface area contributed by atoms with Crippen molar-refractivity contribution in [3.63, 3.8) is 0 Å². The first-order valence-electron chi connectivity index (χ1n) is 7.84. The zero-order chi connectivity index (χ0) is 14.4. The normalized spacial score (nSPS) is 19.0. The van der Waals surface area contributed by atoms with E-state index in [4.69, 9.17) is 0 Å². The van der Waals surface area contributed by atoms with E-state index in [1.807, 2.05) is 11.8 Å². The van der Waals surface area contributed by atoms with Crippen molar-refractivity contribution in [2.24, 2.45) is 5.92 Å². The van der Waals surface area contributed by atoms with Gasteiger partial charge in [0, 0.05) is 37.1 Å². The lowest BCUT2D eigenvalue weighted by Gasteiger charge is -2.28. The fourth-order valence-corrected chi connectivity index (χ4v) is 3.55. The molecule has 2 nitrogen and oxygen atoms in total. The quantitative estimate of drug-likeness (QED) is 0.804. The van der Waals surface area contributed by atoms with Crippen LogP contribution in [0.1, 0.15) is 32.8 Å². The third-order valence-electron chi connectivity index (χ3n) is 3.82. The molecule has 0 fully saturated rings. The van der Waals surface area contributed by atoms with E-state index in [1.165, 1.54) is 29.2 Å². The van der Waals surface area contributed by atoms with E-state index in [0.717, 1.165) is 25.6 Å². The molecule has 0 aromatic heterocycles.